The summed E-state index contributed by atoms with van der Waals surface area (Å²) in [4.78, 5) is 16.0. The topological polar surface area (TPSA) is 47.5 Å². The van der Waals surface area contributed by atoms with Gasteiger partial charge in [0, 0.05) is 61.7 Å². The van der Waals surface area contributed by atoms with Crippen LogP contribution >= 0.6 is 11.6 Å². The molecule has 7 heteroatoms. The van der Waals surface area contributed by atoms with Gasteiger partial charge in [-0.05, 0) is 39.2 Å². The number of likely N-dealkylation sites (N-methyl/N-ethyl adjacent to an activating group) is 1. The molecule has 140 valence electrons. The number of nitrogens with one attached hydrogen (secondary N) is 1. The molecule has 6 nitrogen and oxygen atoms in total. The summed E-state index contributed by atoms with van der Waals surface area (Å²) in [5.74, 6) is 1.70. The molecule has 1 aliphatic heterocycles. The monoisotopic (exact) mass is 374 g/mol. The van der Waals surface area contributed by atoms with E-state index < -0.39 is 0 Å². The summed E-state index contributed by atoms with van der Waals surface area (Å²) in [6.45, 7) is 7.56. The Hall–Kier alpha value is -2.05. The second-order valence-corrected chi connectivity index (χ2v) is 7.31. The average molecular weight is 375 g/mol. The zero-order valence-electron chi connectivity index (χ0n) is 15.7. The lowest BCUT2D eigenvalue weighted by Crippen LogP contribution is -2.47. The van der Waals surface area contributed by atoms with E-state index >= 15 is 0 Å². The van der Waals surface area contributed by atoms with Crippen LogP contribution < -0.4 is 15.1 Å². The molecule has 2 aromatic rings. The summed E-state index contributed by atoms with van der Waals surface area (Å²) in [5.41, 5.74) is 2.17. The van der Waals surface area contributed by atoms with Gasteiger partial charge in [-0.3, -0.25) is 0 Å². The maximum Gasteiger partial charge on any atom is 0.224 e. The van der Waals surface area contributed by atoms with E-state index in [2.05, 4.69) is 51.2 Å². The van der Waals surface area contributed by atoms with Crippen molar-refractivity contribution < 1.29 is 0 Å². The lowest BCUT2D eigenvalue weighted by atomic mass is 10.2. The molecule has 0 bridgehead atoms. The SMILES string of the molecule is Cc1cc(N2CCN(c3cccc(Cl)c3)CC2)nc(NCCN(C)C)n1. The van der Waals surface area contributed by atoms with E-state index in [-0.39, 0.29) is 0 Å². The third-order valence-electron chi connectivity index (χ3n) is 4.46. The lowest BCUT2D eigenvalue weighted by molar-refractivity contribution is 0.425. The maximum atomic E-state index is 6.12. The van der Waals surface area contributed by atoms with Crippen molar-refractivity contribution in [2.24, 2.45) is 0 Å². The van der Waals surface area contributed by atoms with Gasteiger partial charge in [0.25, 0.3) is 0 Å². The van der Waals surface area contributed by atoms with E-state index in [9.17, 15) is 0 Å². The van der Waals surface area contributed by atoms with Gasteiger partial charge >= 0.3 is 0 Å². The van der Waals surface area contributed by atoms with Gasteiger partial charge in [-0.25, -0.2) is 4.98 Å². The molecule has 1 fully saturated rings. The van der Waals surface area contributed by atoms with E-state index in [0.717, 1.165) is 55.8 Å². The quantitative estimate of drug-likeness (QED) is 0.839. The number of anilines is 3. The van der Waals surface area contributed by atoms with Crippen LogP contribution in [0.3, 0.4) is 0 Å². The first-order chi connectivity index (χ1) is 12.5. The van der Waals surface area contributed by atoms with Crippen molar-refractivity contribution in [1.29, 1.82) is 0 Å². The van der Waals surface area contributed by atoms with Crippen LogP contribution in [0.4, 0.5) is 17.5 Å². The Morgan fingerprint density at radius 3 is 2.50 bits per heavy atom. The summed E-state index contributed by atoms with van der Waals surface area (Å²) in [6.07, 6.45) is 0. The molecule has 3 rings (SSSR count). The second-order valence-electron chi connectivity index (χ2n) is 6.88. The Bertz CT molecular complexity index is 728. The molecule has 0 saturated carbocycles. The molecule has 0 amide bonds. The maximum absolute atomic E-state index is 6.12. The first-order valence-electron chi connectivity index (χ1n) is 9.01. The fraction of sp³-hybridized carbons (Fsp3) is 0.474. The fourth-order valence-electron chi connectivity index (χ4n) is 3.05. The van der Waals surface area contributed by atoms with E-state index in [0.29, 0.717) is 5.95 Å². The molecular formula is C19H27ClN6. The molecule has 0 aliphatic carbocycles. The highest BCUT2D eigenvalue weighted by molar-refractivity contribution is 6.30. The molecule has 1 saturated heterocycles. The van der Waals surface area contributed by atoms with Crippen LogP contribution in [-0.2, 0) is 0 Å². The summed E-state index contributed by atoms with van der Waals surface area (Å²) in [7, 11) is 4.12. The Morgan fingerprint density at radius 2 is 1.81 bits per heavy atom. The van der Waals surface area contributed by atoms with Gasteiger partial charge in [-0.2, -0.15) is 4.98 Å². The zero-order chi connectivity index (χ0) is 18.5. The minimum atomic E-state index is 0.708. The third kappa shape index (κ3) is 4.99. The molecule has 0 radical (unpaired) electrons. The van der Waals surface area contributed by atoms with Crippen LogP contribution in [0.15, 0.2) is 30.3 Å². The van der Waals surface area contributed by atoms with Crippen molar-refractivity contribution in [2.45, 2.75) is 6.92 Å². The van der Waals surface area contributed by atoms with E-state index in [1.165, 1.54) is 5.69 Å². The summed E-state index contributed by atoms with van der Waals surface area (Å²) in [5, 5.41) is 4.10. The molecule has 1 aromatic heterocycles. The molecule has 26 heavy (non-hydrogen) atoms. The normalized spacial score (nSPS) is 14.8. The number of hydrogen-bond acceptors (Lipinski definition) is 6. The highest BCUT2D eigenvalue weighted by Crippen LogP contribution is 2.23. The van der Waals surface area contributed by atoms with Crippen LogP contribution in [-0.4, -0.2) is 68.2 Å². The van der Waals surface area contributed by atoms with Crippen molar-refractivity contribution in [3.8, 4) is 0 Å². The van der Waals surface area contributed by atoms with E-state index in [1.807, 2.05) is 25.1 Å². The van der Waals surface area contributed by atoms with Crippen LogP contribution in [0, 0.1) is 6.92 Å². The van der Waals surface area contributed by atoms with Crippen molar-refractivity contribution in [1.82, 2.24) is 14.9 Å². The smallest absolute Gasteiger partial charge is 0.224 e. The minimum absolute atomic E-state index is 0.708. The van der Waals surface area contributed by atoms with E-state index in [1.54, 1.807) is 0 Å². The van der Waals surface area contributed by atoms with Crippen LogP contribution in [0.1, 0.15) is 5.69 Å². The third-order valence-corrected chi connectivity index (χ3v) is 4.69. The average Bonchev–Trinajstić information content (AvgIpc) is 2.61. The molecular weight excluding hydrogens is 348 g/mol. The first-order valence-corrected chi connectivity index (χ1v) is 9.39. The van der Waals surface area contributed by atoms with Gasteiger partial charge < -0.3 is 20.0 Å². The highest BCUT2D eigenvalue weighted by atomic mass is 35.5. The Kier molecular flexibility index (Phi) is 6.16. The summed E-state index contributed by atoms with van der Waals surface area (Å²) >= 11 is 6.12. The number of rotatable bonds is 6. The minimum Gasteiger partial charge on any atom is -0.368 e. The Labute approximate surface area is 160 Å². The van der Waals surface area contributed by atoms with Gasteiger partial charge in [0.2, 0.25) is 5.95 Å². The largest absolute Gasteiger partial charge is 0.368 e. The predicted molar refractivity (Wildman–Crippen MR) is 110 cm³/mol. The van der Waals surface area contributed by atoms with Gasteiger partial charge in [-0.1, -0.05) is 17.7 Å². The number of halogens is 1. The van der Waals surface area contributed by atoms with Gasteiger partial charge in [0.1, 0.15) is 5.82 Å². The molecule has 1 N–H and O–H groups in total. The standard InChI is InChI=1S/C19H27ClN6/c1-15-13-18(23-19(22-15)21-7-8-24(2)3)26-11-9-25(10-12-26)17-6-4-5-16(20)14-17/h4-6,13-14H,7-12H2,1-3H3,(H,21,22,23). The molecule has 1 aliphatic rings. The van der Waals surface area contributed by atoms with Gasteiger partial charge in [0.05, 0.1) is 0 Å². The highest BCUT2D eigenvalue weighted by Gasteiger charge is 2.19. The number of aryl methyl sites for hydroxylation is 1. The number of hydrogen-bond donors (Lipinski definition) is 1. The fourth-order valence-corrected chi connectivity index (χ4v) is 3.24. The Balaban J connectivity index is 1.62. The predicted octanol–water partition coefficient (Wildman–Crippen LogP) is 2.74. The van der Waals surface area contributed by atoms with Gasteiger partial charge in [0.15, 0.2) is 0 Å². The number of benzene rings is 1. The lowest BCUT2D eigenvalue weighted by Gasteiger charge is -2.37. The molecule has 0 spiro atoms. The number of nitrogens with zero attached hydrogens (tertiary/aromatic N) is 5. The number of aromatic nitrogens is 2. The Morgan fingerprint density at radius 1 is 1.08 bits per heavy atom. The zero-order valence-corrected chi connectivity index (χ0v) is 16.5. The molecule has 2 heterocycles. The molecule has 1 aromatic carbocycles. The molecule has 0 atom stereocenters. The summed E-state index contributed by atoms with van der Waals surface area (Å²) < 4.78 is 0. The van der Waals surface area contributed by atoms with Crippen molar-refractivity contribution in [3.05, 3.63) is 41.0 Å². The summed E-state index contributed by atoms with van der Waals surface area (Å²) in [6, 6.07) is 10.1. The van der Waals surface area contributed by atoms with Gasteiger partial charge in [-0.15, -0.1) is 0 Å². The first kappa shape index (κ1) is 18.7. The van der Waals surface area contributed by atoms with Crippen molar-refractivity contribution in [2.75, 3.05) is 68.5 Å². The van der Waals surface area contributed by atoms with Crippen LogP contribution in [0.25, 0.3) is 0 Å². The van der Waals surface area contributed by atoms with Crippen LogP contribution in [0.5, 0.6) is 0 Å². The van der Waals surface area contributed by atoms with Crippen molar-refractivity contribution in [3.63, 3.8) is 0 Å². The molecule has 0 unspecified atom stereocenters. The number of piperazine rings is 1. The second kappa shape index (κ2) is 8.56. The van der Waals surface area contributed by atoms with Crippen molar-refractivity contribution >= 4 is 29.1 Å². The van der Waals surface area contributed by atoms with E-state index in [4.69, 9.17) is 16.6 Å². The van der Waals surface area contributed by atoms with Crippen LogP contribution in [0.2, 0.25) is 5.02 Å².